The summed E-state index contributed by atoms with van der Waals surface area (Å²) in [4.78, 5) is 32.0. The summed E-state index contributed by atoms with van der Waals surface area (Å²) in [5.74, 6) is -0.0937. The van der Waals surface area contributed by atoms with Gasteiger partial charge in [-0.15, -0.1) is 0 Å². The average molecular weight is 381 g/mol. The fraction of sp³-hybridized carbons (Fsp3) is 0.400. The van der Waals surface area contributed by atoms with Crippen LogP contribution in [0.3, 0.4) is 0 Å². The summed E-state index contributed by atoms with van der Waals surface area (Å²) in [6, 6.07) is 5.52. The SMILES string of the molecule is CNC(=O)/C(C#N)=C/c1c(N2CC(C)OC(C)C2)nc2c(C)cccn2c1=O. The second-order valence-corrected chi connectivity index (χ2v) is 6.95. The van der Waals surface area contributed by atoms with Gasteiger partial charge in [-0.3, -0.25) is 14.0 Å². The molecule has 2 atom stereocenters. The smallest absolute Gasteiger partial charge is 0.267 e. The number of nitriles is 1. The highest BCUT2D eigenvalue weighted by atomic mass is 16.5. The minimum Gasteiger partial charge on any atom is -0.372 e. The van der Waals surface area contributed by atoms with E-state index in [0.29, 0.717) is 24.6 Å². The maximum atomic E-state index is 13.2. The van der Waals surface area contributed by atoms with Crippen LogP contribution in [0.1, 0.15) is 25.0 Å². The van der Waals surface area contributed by atoms with Gasteiger partial charge in [0.15, 0.2) is 0 Å². The van der Waals surface area contributed by atoms with Crippen LogP contribution in [-0.4, -0.2) is 47.6 Å². The summed E-state index contributed by atoms with van der Waals surface area (Å²) in [6.07, 6.45) is 2.89. The Labute approximate surface area is 163 Å². The number of fused-ring (bicyclic) bond motifs is 1. The molecule has 3 heterocycles. The molecule has 0 aromatic carbocycles. The van der Waals surface area contributed by atoms with E-state index < -0.39 is 5.91 Å². The van der Waals surface area contributed by atoms with Crippen LogP contribution in [0.4, 0.5) is 5.82 Å². The lowest BCUT2D eigenvalue weighted by Crippen LogP contribution is -2.46. The predicted octanol–water partition coefficient (Wildman–Crippen LogP) is 1.27. The first-order valence-electron chi connectivity index (χ1n) is 9.12. The molecule has 8 heteroatoms. The van der Waals surface area contributed by atoms with Gasteiger partial charge in [-0.1, -0.05) is 6.07 Å². The lowest BCUT2D eigenvalue weighted by Gasteiger charge is -2.36. The molecule has 2 unspecified atom stereocenters. The Hall–Kier alpha value is -3.18. The molecular weight excluding hydrogens is 358 g/mol. The number of nitrogens with one attached hydrogen (secondary N) is 1. The van der Waals surface area contributed by atoms with Gasteiger partial charge in [0, 0.05) is 26.3 Å². The molecule has 28 heavy (non-hydrogen) atoms. The Bertz CT molecular complexity index is 1040. The molecule has 1 amide bonds. The van der Waals surface area contributed by atoms with E-state index in [-0.39, 0.29) is 28.9 Å². The lowest BCUT2D eigenvalue weighted by atomic mass is 10.1. The van der Waals surface area contributed by atoms with Crippen LogP contribution in [0.5, 0.6) is 0 Å². The quantitative estimate of drug-likeness (QED) is 0.635. The van der Waals surface area contributed by atoms with Crippen LogP contribution in [0.25, 0.3) is 11.7 Å². The van der Waals surface area contributed by atoms with Crippen LogP contribution in [0.2, 0.25) is 0 Å². The van der Waals surface area contributed by atoms with Gasteiger partial charge in [0.05, 0.1) is 17.8 Å². The summed E-state index contributed by atoms with van der Waals surface area (Å²) in [5, 5.41) is 11.8. The molecule has 0 radical (unpaired) electrons. The number of carbonyl (C=O) groups excluding carboxylic acids is 1. The van der Waals surface area contributed by atoms with Gasteiger partial charge in [0.25, 0.3) is 11.5 Å². The lowest BCUT2D eigenvalue weighted by molar-refractivity contribution is -0.116. The molecule has 1 aliphatic rings. The molecule has 8 nitrogen and oxygen atoms in total. The molecule has 2 aromatic rings. The highest BCUT2D eigenvalue weighted by Crippen LogP contribution is 2.24. The first-order chi connectivity index (χ1) is 13.3. The van der Waals surface area contributed by atoms with E-state index in [1.165, 1.54) is 17.5 Å². The average Bonchev–Trinajstić information content (AvgIpc) is 2.66. The second kappa shape index (κ2) is 7.82. The fourth-order valence-electron chi connectivity index (χ4n) is 3.45. The highest BCUT2D eigenvalue weighted by Gasteiger charge is 2.27. The summed E-state index contributed by atoms with van der Waals surface area (Å²) >= 11 is 0. The second-order valence-electron chi connectivity index (χ2n) is 6.95. The van der Waals surface area contributed by atoms with Crippen LogP contribution >= 0.6 is 0 Å². The molecular formula is C20H23N5O3. The molecule has 3 rings (SSSR count). The van der Waals surface area contributed by atoms with Crippen LogP contribution in [-0.2, 0) is 9.53 Å². The summed E-state index contributed by atoms with van der Waals surface area (Å²) in [7, 11) is 1.44. The Balaban J connectivity index is 2.30. The van der Waals surface area contributed by atoms with Crippen molar-refractivity contribution in [3.63, 3.8) is 0 Å². The minimum absolute atomic E-state index is 0.0351. The van der Waals surface area contributed by atoms with E-state index in [1.807, 2.05) is 37.8 Å². The van der Waals surface area contributed by atoms with Crippen molar-refractivity contribution in [1.29, 1.82) is 5.26 Å². The number of anilines is 1. The number of likely N-dealkylation sites (N-methyl/N-ethyl adjacent to an activating group) is 1. The van der Waals surface area contributed by atoms with Gasteiger partial charge in [0.1, 0.15) is 23.1 Å². The van der Waals surface area contributed by atoms with Gasteiger partial charge in [0.2, 0.25) is 0 Å². The third-order valence-electron chi connectivity index (χ3n) is 4.66. The van der Waals surface area contributed by atoms with Gasteiger partial charge in [-0.25, -0.2) is 4.98 Å². The molecule has 1 fully saturated rings. The molecule has 2 aromatic heterocycles. The number of pyridine rings is 1. The van der Waals surface area contributed by atoms with Gasteiger partial charge in [-0.2, -0.15) is 5.26 Å². The number of hydrogen-bond donors (Lipinski definition) is 1. The van der Waals surface area contributed by atoms with Gasteiger partial charge in [-0.05, 0) is 38.5 Å². The molecule has 0 aliphatic carbocycles. The largest absolute Gasteiger partial charge is 0.372 e. The monoisotopic (exact) mass is 381 g/mol. The normalized spacial score (nSPS) is 20.1. The van der Waals surface area contributed by atoms with Crippen molar-refractivity contribution in [2.24, 2.45) is 0 Å². The molecule has 1 saturated heterocycles. The first-order valence-corrected chi connectivity index (χ1v) is 9.12. The van der Waals surface area contributed by atoms with E-state index in [9.17, 15) is 14.9 Å². The molecule has 146 valence electrons. The number of hydrogen-bond acceptors (Lipinski definition) is 6. The van der Waals surface area contributed by atoms with Crippen molar-refractivity contribution in [3.05, 3.63) is 45.4 Å². The van der Waals surface area contributed by atoms with Crippen molar-refractivity contribution in [3.8, 4) is 6.07 Å². The maximum Gasteiger partial charge on any atom is 0.267 e. The van der Waals surface area contributed by atoms with Crippen molar-refractivity contribution in [2.75, 3.05) is 25.0 Å². The molecule has 1 aliphatic heterocycles. The number of aromatic nitrogens is 2. The van der Waals surface area contributed by atoms with Gasteiger partial charge >= 0.3 is 0 Å². The van der Waals surface area contributed by atoms with Crippen LogP contribution < -0.4 is 15.8 Å². The molecule has 0 saturated carbocycles. The van der Waals surface area contributed by atoms with E-state index in [0.717, 1.165) is 5.56 Å². The fourth-order valence-corrected chi connectivity index (χ4v) is 3.45. The molecule has 1 N–H and O–H groups in total. The summed E-state index contributed by atoms with van der Waals surface area (Å²) in [5.41, 5.74) is 1.14. The number of rotatable bonds is 3. The summed E-state index contributed by atoms with van der Waals surface area (Å²) in [6.45, 7) is 6.92. The summed E-state index contributed by atoms with van der Waals surface area (Å²) < 4.78 is 7.23. The highest BCUT2D eigenvalue weighted by molar-refractivity contribution is 6.02. The van der Waals surface area contributed by atoms with Gasteiger partial charge < -0.3 is 15.0 Å². The zero-order chi connectivity index (χ0) is 20.4. The van der Waals surface area contributed by atoms with Crippen molar-refractivity contribution < 1.29 is 9.53 Å². The number of nitrogens with zero attached hydrogens (tertiary/aromatic N) is 4. The predicted molar refractivity (Wildman–Crippen MR) is 106 cm³/mol. The number of carbonyl (C=O) groups is 1. The van der Waals surface area contributed by atoms with E-state index in [4.69, 9.17) is 9.72 Å². The number of morpholine rings is 1. The Morgan fingerprint density at radius 1 is 1.39 bits per heavy atom. The van der Waals surface area contributed by atoms with E-state index in [1.54, 1.807) is 12.3 Å². The Morgan fingerprint density at radius 2 is 2.07 bits per heavy atom. The molecule has 0 spiro atoms. The maximum absolute atomic E-state index is 13.2. The number of ether oxygens (including phenoxy) is 1. The Kier molecular flexibility index (Phi) is 5.47. The third-order valence-corrected chi connectivity index (χ3v) is 4.66. The topological polar surface area (TPSA) is 99.7 Å². The Morgan fingerprint density at radius 3 is 2.68 bits per heavy atom. The zero-order valence-corrected chi connectivity index (χ0v) is 16.4. The van der Waals surface area contributed by atoms with Crippen LogP contribution in [0.15, 0.2) is 28.7 Å². The zero-order valence-electron chi connectivity index (χ0n) is 16.4. The third kappa shape index (κ3) is 3.62. The van der Waals surface area contributed by atoms with Crippen molar-refractivity contribution in [2.45, 2.75) is 33.0 Å². The van der Waals surface area contributed by atoms with Crippen LogP contribution in [0, 0.1) is 18.3 Å². The standard InChI is InChI=1S/C20H23N5O3/c1-12-6-5-7-25-17(12)23-18(24-10-13(2)28-14(3)11-24)16(20(25)27)8-15(9-21)19(26)22-4/h5-8,13-14H,10-11H2,1-4H3,(H,22,26)/b15-8+. The van der Waals surface area contributed by atoms with E-state index >= 15 is 0 Å². The van der Waals surface area contributed by atoms with E-state index in [2.05, 4.69) is 5.32 Å². The van der Waals surface area contributed by atoms with Crippen molar-refractivity contribution in [1.82, 2.24) is 14.7 Å². The number of amides is 1. The first kappa shape index (κ1) is 19.6. The number of aryl methyl sites for hydroxylation is 1. The minimum atomic E-state index is -0.550. The molecule has 0 bridgehead atoms. The van der Waals surface area contributed by atoms with Crippen molar-refractivity contribution >= 4 is 23.4 Å².